The lowest BCUT2D eigenvalue weighted by atomic mass is 10.2. The van der Waals surface area contributed by atoms with E-state index >= 15 is 0 Å². The normalized spacial score (nSPS) is 10.7. The molecule has 0 saturated heterocycles. The zero-order valence-electron chi connectivity index (χ0n) is 11.1. The number of nitrogens with zero attached hydrogens (tertiary/aromatic N) is 3. The van der Waals surface area contributed by atoms with Crippen molar-refractivity contribution in [1.29, 1.82) is 0 Å². The molecule has 6 heteroatoms. The quantitative estimate of drug-likeness (QED) is 0.799. The van der Waals surface area contributed by atoms with Gasteiger partial charge in [-0.2, -0.15) is 5.10 Å². The fourth-order valence-electron chi connectivity index (χ4n) is 1.77. The molecule has 0 unspecified atom stereocenters. The molecular weight excluding hydrogens is 247 g/mol. The standard InChI is InChI=1S/C13H17FN4O/c1-18-9-16-12(17-18)6-7-15-8-10-4-3-5-11(19-2)13(10)14/h3-5,9,15H,6-8H2,1-2H3. The largest absolute Gasteiger partial charge is 0.494 e. The van der Waals surface area contributed by atoms with Crippen LogP contribution in [0.3, 0.4) is 0 Å². The molecule has 1 N–H and O–H groups in total. The Hall–Kier alpha value is -1.95. The van der Waals surface area contributed by atoms with Gasteiger partial charge in [0.15, 0.2) is 17.4 Å². The van der Waals surface area contributed by atoms with Crippen LogP contribution in [-0.4, -0.2) is 28.4 Å². The third kappa shape index (κ3) is 3.51. The van der Waals surface area contributed by atoms with E-state index in [1.165, 1.54) is 7.11 Å². The van der Waals surface area contributed by atoms with Crippen LogP contribution in [0.25, 0.3) is 0 Å². The minimum Gasteiger partial charge on any atom is -0.494 e. The number of aromatic nitrogens is 3. The van der Waals surface area contributed by atoms with Gasteiger partial charge in [0.25, 0.3) is 0 Å². The van der Waals surface area contributed by atoms with Crippen LogP contribution >= 0.6 is 0 Å². The molecular formula is C13H17FN4O. The molecule has 0 atom stereocenters. The summed E-state index contributed by atoms with van der Waals surface area (Å²) in [6, 6.07) is 5.12. The molecule has 0 aliphatic heterocycles. The first-order valence-corrected chi connectivity index (χ1v) is 6.07. The summed E-state index contributed by atoms with van der Waals surface area (Å²) in [7, 11) is 3.29. The van der Waals surface area contributed by atoms with Gasteiger partial charge in [-0.15, -0.1) is 0 Å². The molecule has 0 saturated carbocycles. The van der Waals surface area contributed by atoms with Crippen LogP contribution in [0.15, 0.2) is 24.5 Å². The number of ether oxygens (including phenoxy) is 1. The Kier molecular flexibility index (Phi) is 4.46. The van der Waals surface area contributed by atoms with Crippen LogP contribution in [0.2, 0.25) is 0 Å². The van der Waals surface area contributed by atoms with Crippen molar-refractivity contribution in [2.24, 2.45) is 7.05 Å². The van der Waals surface area contributed by atoms with Crippen LogP contribution < -0.4 is 10.1 Å². The van der Waals surface area contributed by atoms with Gasteiger partial charge in [0.2, 0.25) is 0 Å². The second-order valence-electron chi connectivity index (χ2n) is 4.19. The number of methoxy groups -OCH3 is 1. The molecule has 5 nitrogen and oxygen atoms in total. The maximum absolute atomic E-state index is 13.8. The average molecular weight is 264 g/mol. The predicted molar refractivity (Wildman–Crippen MR) is 69.4 cm³/mol. The Morgan fingerprint density at radius 1 is 1.42 bits per heavy atom. The van der Waals surface area contributed by atoms with Crippen LogP contribution in [0, 0.1) is 5.82 Å². The number of rotatable bonds is 6. The minimum absolute atomic E-state index is 0.269. The number of nitrogens with one attached hydrogen (secondary N) is 1. The molecule has 102 valence electrons. The Bertz CT molecular complexity index is 541. The van der Waals surface area contributed by atoms with E-state index in [1.54, 1.807) is 29.2 Å². The van der Waals surface area contributed by atoms with Gasteiger partial charge in [-0.25, -0.2) is 9.37 Å². The fraction of sp³-hybridized carbons (Fsp3) is 0.385. The molecule has 0 aliphatic carbocycles. The van der Waals surface area contributed by atoms with Crippen LogP contribution in [0.4, 0.5) is 4.39 Å². The molecule has 19 heavy (non-hydrogen) atoms. The van der Waals surface area contributed by atoms with Crippen molar-refractivity contribution in [1.82, 2.24) is 20.1 Å². The molecule has 0 fully saturated rings. The molecule has 0 amide bonds. The Balaban J connectivity index is 1.82. The van der Waals surface area contributed by atoms with Crippen molar-refractivity contribution in [2.45, 2.75) is 13.0 Å². The van der Waals surface area contributed by atoms with Gasteiger partial charge in [0, 0.05) is 32.1 Å². The Morgan fingerprint density at radius 3 is 2.95 bits per heavy atom. The van der Waals surface area contributed by atoms with Gasteiger partial charge in [-0.3, -0.25) is 4.68 Å². The Morgan fingerprint density at radius 2 is 2.26 bits per heavy atom. The molecule has 0 radical (unpaired) electrons. The molecule has 1 aromatic heterocycles. The highest BCUT2D eigenvalue weighted by molar-refractivity contribution is 5.30. The van der Waals surface area contributed by atoms with E-state index in [0.717, 1.165) is 5.82 Å². The number of benzene rings is 1. The summed E-state index contributed by atoms with van der Waals surface area (Å²) >= 11 is 0. The first-order chi connectivity index (χ1) is 9.20. The lowest BCUT2D eigenvalue weighted by molar-refractivity contribution is 0.383. The maximum atomic E-state index is 13.8. The van der Waals surface area contributed by atoms with E-state index in [9.17, 15) is 4.39 Å². The van der Waals surface area contributed by atoms with Crippen LogP contribution in [-0.2, 0) is 20.0 Å². The lowest BCUT2D eigenvalue weighted by Gasteiger charge is -2.08. The van der Waals surface area contributed by atoms with Crippen molar-refractivity contribution >= 4 is 0 Å². The minimum atomic E-state index is -0.312. The van der Waals surface area contributed by atoms with Crippen molar-refractivity contribution in [3.8, 4) is 5.75 Å². The molecule has 2 aromatic rings. The van der Waals surface area contributed by atoms with E-state index in [0.29, 0.717) is 25.1 Å². The van der Waals surface area contributed by atoms with Crippen LogP contribution in [0.5, 0.6) is 5.75 Å². The third-order valence-corrected chi connectivity index (χ3v) is 2.75. The number of hydrogen-bond donors (Lipinski definition) is 1. The van der Waals surface area contributed by atoms with Crippen molar-refractivity contribution < 1.29 is 9.13 Å². The van der Waals surface area contributed by atoms with Crippen LogP contribution in [0.1, 0.15) is 11.4 Å². The summed E-state index contributed by atoms with van der Waals surface area (Å²) in [5, 5.41) is 7.34. The van der Waals surface area contributed by atoms with E-state index < -0.39 is 0 Å². The highest BCUT2D eigenvalue weighted by Crippen LogP contribution is 2.19. The van der Waals surface area contributed by atoms with E-state index in [-0.39, 0.29) is 11.6 Å². The van der Waals surface area contributed by atoms with E-state index in [2.05, 4.69) is 15.4 Å². The average Bonchev–Trinajstić information content (AvgIpc) is 2.82. The summed E-state index contributed by atoms with van der Waals surface area (Å²) in [5.41, 5.74) is 0.591. The summed E-state index contributed by atoms with van der Waals surface area (Å²) in [6.45, 7) is 1.15. The first kappa shape index (κ1) is 13.5. The number of halogens is 1. The van der Waals surface area contributed by atoms with Crippen molar-refractivity contribution in [3.63, 3.8) is 0 Å². The summed E-state index contributed by atoms with van der Waals surface area (Å²) in [4.78, 5) is 4.12. The molecule has 2 rings (SSSR count). The van der Waals surface area contributed by atoms with Gasteiger partial charge in [0.05, 0.1) is 7.11 Å². The highest BCUT2D eigenvalue weighted by Gasteiger charge is 2.07. The van der Waals surface area contributed by atoms with E-state index in [1.807, 2.05) is 7.05 Å². The second-order valence-corrected chi connectivity index (χ2v) is 4.19. The van der Waals surface area contributed by atoms with Gasteiger partial charge < -0.3 is 10.1 Å². The van der Waals surface area contributed by atoms with Crippen molar-refractivity contribution in [3.05, 3.63) is 41.7 Å². The molecule has 1 heterocycles. The third-order valence-electron chi connectivity index (χ3n) is 2.75. The second kappa shape index (κ2) is 6.29. The lowest BCUT2D eigenvalue weighted by Crippen LogP contribution is -2.18. The number of hydrogen-bond acceptors (Lipinski definition) is 4. The number of aryl methyl sites for hydroxylation is 1. The molecule has 0 aliphatic rings. The van der Waals surface area contributed by atoms with Crippen molar-refractivity contribution in [2.75, 3.05) is 13.7 Å². The SMILES string of the molecule is COc1cccc(CNCCc2ncn(C)n2)c1F. The summed E-state index contributed by atoms with van der Waals surface area (Å²) in [5.74, 6) is 0.736. The van der Waals surface area contributed by atoms with Gasteiger partial charge in [0.1, 0.15) is 6.33 Å². The zero-order chi connectivity index (χ0) is 13.7. The van der Waals surface area contributed by atoms with E-state index in [4.69, 9.17) is 4.74 Å². The molecule has 0 spiro atoms. The molecule has 1 aromatic carbocycles. The Labute approximate surface area is 111 Å². The predicted octanol–water partition coefficient (Wildman–Crippen LogP) is 1.30. The zero-order valence-corrected chi connectivity index (χ0v) is 11.1. The first-order valence-electron chi connectivity index (χ1n) is 6.07. The smallest absolute Gasteiger partial charge is 0.169 e. The fourth-order valence-corrected chi connectivity index (χ4v) is 1.77. The van der Waals surface area contributed by atoms with Gasteiger partial charge >= 0.3 is 0 Å². The monoisotopic (exact) mass is 264 g/mol. The topological polar surface area (TPSA) is 52.0 Å². The maximum Gasteiger partial charge on any atom is 0.169 e. The van der Waals surface area contributed by atoms with Gasteiger partial charge in [-0.1, -0.05) is 12.1 Å². The molecule has 0 bridgehead atoms. The summed E-state index contributed by atoms with van der Waals surface area (Å²) < 4.78 is 20.4. The summed E-state index contributed by atoms with van der Waals surface area (Å²) in [6.07, 6.45) is 2.38. The van der Waals surface area contributed by atoms with Gasteiger partial charge in [-0.05, 0) is 6.07 Å². The highest BCUT2D eigenvalue weighted by atomic mass is 19.1.